The first-order valence-corrected chi connectivity index (χ1v) is 7.80. The molecule has 23 heavy (non-hydrogen) atoms. The maximum Gasteiger partial charge on any atom is 0.255 e. The normalized spacial score (nSPS) is 19.3. The number of H-pyrrole nitrogens is 1. The minimum absolute atomic E-state index is 0.0169. The van der Waals surface area contributed by atoms with Gasteiger partial charge in [-0.2, -0.15) is 4.98 Å². The average Bonchev–Trinajstić information content (AvgIpc) is 2.51. The fraction of sp³-hybridized carbons (Fsp3) is 0.500. The van der Waals surface area contributed by atoms with Crippen LogP contribution in [0, 0.1) is 5.92 Å². The Morgan fingerprint density at radius 1 is 1.43 bits per heavy atom. The molecule has 1 heterocycles. The number of allylic oxidation sites excluding steroid dienone is 1. The molecule has 0 radical (unpaired) electrons. The SMILES string of the molecule is CCC/C(C(=O)[C@H]1CCCCC1=O)=C(/N)c1nc(O)cc(=O)[nH]1. The first-order valence-electron chi connectivity index (χ1n) is 7.80. The van der Waals surface area contributed by atoms with E-state index < -0.39 is 17.4 Å². The van der Waals surface area contributed by atoms with E-state index >= 15 is 0 Å². The quantitative estimate of drug-likeness (QED) is 0.554. The molecule has 0 unspecified atom stereocenters. The van der Waals surface area contributed by atoms with E-state index in [2.05, 4.69) is 9.97 Å². The van der Waals surface area contributed by atoms with E-state index in [1.54, 1.807) is 0 Å². The zero-order valence-electron chi connectivity index (χ0n) is 13.1. The highest BCUT2D eigenvalue weighted by Gasteiger charge is 2.32. The Bertz CT molecular complexity index is 706. The third-order valence-electron chi connectivity index (χ3n) is 3.98. The van der Waals surface area contributed by atoms with Crippen molar-refractivity contribution in [1.29, 1.82) is 0 Å². The number of hydrogen-bond donors (Lipinski definition) is 3. The van der Waals surface area contributed by atoms with Crippen LogP contribution in [0.4, 0.5) is 0 Å². The molecule has 0 bridgehead atoms. The highest BCUT2D eigenvalue weighted by atomic mass is 16.3. The van der Waals surface area contributed by atoms with Crippen molar-refractivity contribution < 1.29 is 14.7 Å². The van der Waals surface area contributed by atoms with Crippen LogP contribution < -0.4 is 11.3 Å². The first-order chi connectivity index (χ1) is 10.9. The number of aromatic nitrogens is 2. The van der Waals surface area contributed by atoms with Gasteiger partial charge in [0.25, 0.3) is 5.56 Å². The number of carbonyl (C=O) groups excluding carboxylic acids is 2. The molecule has 0 saturated heterocycles. The van der Waals surface area contributed by atoms with Gasteiger partial charge >= 0.3 is 0 Å². The van der Waals surface area contributed by atoms with Gasteiger partial charge in [-0.25, -0.2) is 0 Å². The average molecular weight is 319 g/mol. The number of nitrogens with one attached hydrogen (secondary N) is 1. The van der Waals surface area contributed by atoms with Gasteiger partial charge in [0.05, 0.1) is 17.7 Å². The molecule has 1 aliphatic carbocycles. The van der Waals surface area contributed by atoms with Crippen LogP contribution in [0.5, 0.6) is 5.88 Å². The summed E-state index contributed by atoms with van der Waals surface area (Å²) in [5.74, 6) is -1.52. The number of rotatable bonds is 5. The van der Waals surface area contributed by atoms with E-state index in [4.69, 9.17) is 5.73 Å². The van der Waals surface area contributed by atoms with E-state index in [0.29, 0.717) is 31.3 Å². The molecule has 0 aromatic carbocycles. The van der Waals surface area contributed by atoms with E-state index in [-0.39, 0.29) is 23.1 Å². The summed E-state index contributed by atoms with van der Waals surface area (Å²) in [4.78, 5) is 42.4. The summed E-state index contributed by atoms with van der Waals surface area (Å²) in [6, 6.07) is 0.919. The van der Waals surface area contributed by atoms with Crippen molar-refractivity contribution in [2.45, 2.75) is 45.4 Å². The summed E-state index contributed by atoms with van der Waals surface area (Å²) in [5, 5.41) is 9.44. The van der Waals surface area contributed by atoms with Crippen molar-refractivity contribution >= 4 is 17.3 Å². The molecule has 1 aromatic heterocycles. The molecule has 1 fully saturated rings. The highest BCUT2D eigenvalue weighted by molar-refractivity contribution is 6.13. The Labute approximate surface area is 133 Å². The van der Waals surface area contributed by atoms with Gasteiger partial charge in [-0.1, -0.05) is 19.8 Å². The second kappa shape index (κ2) is 7.21. The fourth-order valence-electron chi connectivity index (χ4n) is 2.83. The molecule has 7 heteroatoms. The lowest BCUT2D eigenvalue weighted by Gasteiger charge is -2.21. The minimum Gasteiger partial charge on any atom is -0.493 e. The van der Waals surface area contributed by atoms with Crippen molar-refractivity contribution in [3.05, 3.63) is 27.8 Å². The monoisotopic (exact) mass is 319 g/mol. The van der Waals surface area contributed by atoms with Gasteiger partial charge in [-0.3, -0.25) is 14.4 Å². The van der Waals surface area contributed by atoms with Gasteiger partial charge in [0.2, 0.25) is 5.88 Å². The van der Waals surface area contributed by atoms with Crippen LogP contribution >= 0.6 is 0 Å². The number of hydrogen-bond acceptors (Lipinski definition) is 6. The number of aromatic amines is 1. The van der Waals surface area contributed by atoms with Crippen molar-refractivity contribution in [2.24, 2.45) is 11.7 Å². The molecule has 4 N–H and O–H groups in total. The maximum atomic E-state index is 12.7. The summed E-state index contributed by atoms with van der Waals surface area (Å²) < 4.78 is 0. The topological polar surface area (TPSA) is 126 Å². The van der Waals surface area contributed by atoms with Crippen molar-refractivity contribution in [3.8, 4) is 5.88 Å². The van der Waals surface area contributed by atoms with Crippen LogP contribution in [0.2, 0.25) is 0 Å². The largest absolute Gasteiger partial charge is 0.493 e. The second-order valence-corrected chi connectivity index (χ2v) is 5.72. The Morgan fingerprint density at radius 2 is 2.17 bits per heavy atom. The van der Waals surface area contributed by atoms with Crippen molar-refractivity contribution in [2.75, 3.05) is 0 Å². The Morgan fingerprint density at radius 3 is 2.78 bits per heavy atom. The van der Waals surface area contributed by atoms with E-state index in [1.165, 1.54) is 0 Å². The smallest absolute Gasteiger partial charge is 0.255 e. The van der Waals surface area contributed by atoms with Crippen LogP contribution in [0.3, 0.4) is 0 Å². The van der Waals surface area contributed by atoms with Gasteiger partial charge in [0.15, 0.2) is 11.6 Å². The number of ketones is 2. The molecule has 1 aliphatic rings. The van der Waals surface area contributed by atoms with Crippen LogP contribution in [-0.4, -0.2) is 26.6 Å². The molecule has 0 spiro atoms. The lowest BCUT2D eigenvalue weighted by molar-refractivity contribution is -0.132. The van der Waals surface area contributed by atoms with Crippen LogP contribution in [-0.2, 0) is 9.59 Å². The third-order valence-corrected chi connectivity index (χ3v) is 3.98. The molecule has 0 amide bonds. The first kappa shape index (κ1) is 16.9. The lowest BCUT2D eigenvalue weighted by Crippen LogP contribution is -2.30. The van der Waals surface area contributed by atoms with Gasteiger partial charge in [0, 0.05) is 12.0 Å². The van der Waals surface area contributed by atoms with E-state index in [9.17, 15) is 19.5 Å². The molecule has 1 atom stereocenters. The molecule has 1 saturated carbocycles. The van der Waals surface area contributed by atoms with Gasteiger partial charge < -0.3 is 15.8 Å². The summed E-state index contributed by atoms with van der Waals surface area (Å²) in [5.41, 5.74) is 5.77. The Kier molecular flexibility index (Phi) is 5.31. The number of nitrogens with two attached hydrogens (primary N) is 1. The summed E-state index contributed by atoms with van der Waals surface area (Å²) in [6.07, 6.45) is 3.63. The Hall–Kier alpha value is -2.44. The zero-order valence-corrected chi connectivity index (χ0v) is 13.1. The van der Waals surface area contributed by atoms with Gasteiger partial charge in [-0.15, -0.1) is 0 Å². The highest BCUT2D eigenvalue weighted by Crippen LogP contribution is 2.27. The number of aromatic hydroxyl groups is 1. The lowest BCUT2D eigenvalue weighted by atomic mass is 9.81. The molecule has 124 valence electrons. The molecule has 7 nitrogen and oxygen atoms in total. The molecular weight excluding hydrogens is 298 g/mol. The van der Waals surface area contributed by atoms with Gasteiger partial charge in [-0.05, 0) is 19.3 Å². The van der Waals surface area contributed by atoms with Crippen LogP contribution in [0.25, 0.3) is 5.70 Å². The summed E-state index contributed by atoms with van der Waals surface area (Å²) in [7, 11) is 0. The predicted octanol–water partition coefficient (Wildman–Crippen LogP) is 1.27. The molecule has 0 aliphatic heterocycles. The minimum atomic E-state index is -0.659. The molecular formula is C16H21N3O4. The van der Waals surface area contributed by atoms with Crippen molar-refractivity contribution in [3.63, 3.8) is 0 Å². The standard InChI is InChI=1S/C16H21N3O4/c1-2-5-10(15(23)9-6-3-4-7-11(9)20)14(17)16-18-12(21)8-13(22)19-16/h8-9H,2-7,17H2,1H3,(H2,18,19,21,22)/b14-10-/t9-/m0/s1. The Balaban J connectivity index is 2.44. The predicted molar refractivity (Wildman–Crippen MR) is 84.5 cm³/mol. The second-order valence-electron chi connectivity index (χ2n) is 5.72. The summed E-state index contributed by atoms with van der Waals surface area (Å²) >= 11 is 0. The maximum absolute atomic E-state index is 12.7. The zero-order chi connectivity index (χ0) is 17.0. The molecule has 1 aromatic rings. The van der Waals surface area contributed by atoms with E-state index in [1.807, 2.05) is 6.92 Å². The number of carbonyl (C=O) groups is 2. The summed E-state index contributed by atoms with van der Waals surface area (Å²) in [6.45, 7) is 1.89. The van der Waals surface area contributed by atoms with Crippen LogP contribution in [0.15, 0.2) is 16.4 Å². The van der Waals surface area contributed by atoms with Gasteiger partial charge in [0.1, 0.15) is 5.78 Å². The number of Topliss-reactive ketones (excluding diaryl/α,β-unsaturated/α-hetero) is 2. The molecule has 2 rings (SSSR count). The number of nitrogens with zero attached hydrogens (tertiary/aromatic N) is 1. The van der Waals surface area contributed by atoms with Crippen molar-refractivity contribution in [1.82, 2.24) is 9.97 Å². The fourth-order valence-corrected chi connectivity index (χ4v) is 2.83. The third kappa shape index (κ3) is 3.85. The van der Waals surface area contributed by atoms with Crippen LogP contribution in [0.1, 0.15) is 51.3 Å². The van der Waals surface area contributed by atoms with E-state index in [0.717, 1.165) is 18.9 Å².